The summed E-state index contributed by atoms with van der Waals surface area (Å²) in [5, 5.41) is 38.6. The van der Waals surface area contributed by atoms with Gasteiger partial charge in [-0.3, -0.25) is 0 Å². The van der Waals surface area contributed by atoms with Crippen molar-refractivity contribution in [1.82, 2.24) is 0 Å². The van der Waals surface area contributed by atoms with Crippen LogP contribution in [-0.4, -0.2) is 51.5 Å². The highest BCUT2D eigenvalue weighted by Gasteiger charge is 2.57. The second kappa shape index (κ2) is 8.50. The predicted molar refractivity (Wildman–Crippen MR) is 89.5 cm³/mol. The minimum atomic E-state index is -1.78. The number of esters is 1. The van der Waals surface area contributed by atoms with Gasteiger partial charge >= 0.3 is 5.97 Å². The maximum atomic E-state index is 12.4. The first-order valence-corrected chi connectivity index (χ1v) is 8.30. The Balaban J connectivity index is 2.44. The molecule has 1 aliphatic heterocycles. The van der Waals surface area contributed by atoms with Crippen LogP contribution in [-0.2, 0) is 19.2 Å². The third-order valence-electron chi connectivity index (χ3n) is 4.16. The largest absolute Gasteiger partial charge is 0.473 e. The fourth-order valence-electron chi connectivity index (χ4n) is 3.03. The molecule has 0 aliphatic carbocycles. The summed E-state index contributed by atoms with van der Waals surface area (Å²) in [6, 6.07) is 8.67. The first kappa shape index (κ1) is 20.2. The first-order chi connectivity index (χ1) is 12.4. The number of benzene rings is 1. The number of cyclic esters (lactones) is 1. The van der Waals surface area contributed by atoms with E-state index in [0.717, 1.165) is 0 Å². The Morgan fingerprint density at radius 2 is 1.81 bits per heavy atom. The van der Waals surface area contributed by atoms with E-state index in [4.69, 9.17) is 9.47 Å². The molecule has 0 saturated heterocycles. The molecule has 8 nitrogen and oxygen atoms in total. The van der Waals surface area contributed by atoms with Gasteiger partial charge in [-0.1, -0.05) is 44.2 Å². The molecule has 0 aromatic heterocycles. The van der Waals surface area contributed by atoms with Gasteiger partial charge in [-0.25, -0.2) is 10.1 Å². The number of hydrogen-bond donors (Lipinski definition) is 4. The van der Waals surface area contributed by atoms with Crippen molar-refractivity contribution in [3.63, 3.8) is 0 Å². The summed E-state index contributed by atoms with van der Waals surface area (Å²) in [5.41, 5.74) is -1.18. The Labute approximate surface area is 151 Å². The Kier molecular flexibility index (Phi) is 6.60. The molecule has 1 aromatic rings. The Hall–Kier alpha value is -2.13. The van der Waals surface area contributed by atoms with Gasteiger partial charge in [0, 0.05) is 0 Å². The van der Waals surface area contributed by atoms with E-state index < -0.39 is 48.5 Å². The molecule has 0 radical (unpaired) electrons. The van der Waals surface area contributed by atoms with Gasteiger partial charge in [-0.15, -0.1) is 0 Å². The summed E-state index contributed by atoms with van der Waals surface area (Å²) < 4.78 is 10.9. The summed E-state index contributed by atoms with van der Waals surface area (Å²) in [4.78, 5) is 16.7. The maximum absolute atomic E-state index is 12.4. The number of ether oxygens (including phenoxy) is 2. The Morgan fingerprint density at radius 3 is 2.31 bits per heavy atom. The lowest BCUT2D eigenvalue weighted by Crippen LogP contribution is -2.48. The van der Waals surface area contributed by atoms with Crippen molar-refractivity contribution >= 4 is 5.97 Å². The normalized spacial score (nSPS) is 22.3. The first-order valence-electron chi connectivity index (χ1n) is 8.30. The molecular formula is C18H24O8. The zero-order chi connectivity index (χ0) is 19.3. The average Bonchev–Trinajstić information content (AvgIpc) is 2.90. The molecule has 3 atom stereocenters. The molecular weight excluding hydrogens is 344 g/mol. The summed E-state index contributed by atoms with van der Waals surface area (Å²) in [6.07, 6.45) is -2.36. The molecule has 0 fully saturated rings. The second-order valence-electron chi connectivity index (χ2n) is 6.52. The maximum Gasteiger partial charge on any atom is 0.378 e. The Morgan fingerprint density at radius 1 is 1.15 bits per heavy atom. The van der Waals surface area contributed by atoms with E-state index in [1.165, 1.54) is 0 Å². The van der Waals surface area contributed by atoms with Gasteiger partial charge in [-0.2, -0.15) is 0 Å². The number of aliphatic hydroxyl groups excluding tert-OH is 3. The third-order valence-corrected chi connectivity index (χ3v) is 4.16. The van der Waals surface area contributed by atoms with Gasteiger partial charge < -0.3 is 29.7 Å². The van der Waals surface area contributed by atoms with Crippen molar-refractivity contribution in [1.29, 1.82) is 0 Å². The highest BCUT2D eigenvalue weighted by molar-refractivity contribution is 5.90. The fourth-order valence-corrected chi connectivity index (χ4v) is 3.03. The quantitative estimate of drug-likeness (QED) is 0.290. The number of aliphatic hydroxyl groups is 3. The Bertz CT molecular complexity index is 642. The van der Waals surface area contributed by atoms with E-state index in [2.05, 4.69) is 4.89 Å². The van der Waals surface area contributed by atoms with E-state index in [-0.39, 0.29) is 12.3 Å². The number of carbonyl (C=O) groups excluding carboxylic acids is 1. The van der Waals surface area contributed by atoms with Crippen LogP contribution >= 0.6 is 0 Å². The lowest BCUT2D eigenvalue weighted by Gasteiger charge is -2.33. The molecule has 4 N–H and O–H groups in total. The molecule has 2 rings (SSSR count). The molecule has 1 heterocycles. The lowest BCUT2D eigenvalue weighted by molar-refractivity contribution is -0.241. The topological polar surface area (TPSA) is 126 Å². The molecule has 0 bridgehead atoms. The highest BCUT2D eigenvalue weighted by atomic mass is 17.1. The second-order valence-corrected chi connectivity index (χ2v) is 6.52. The molecule has 0 spiro atoms. The van der Waals surface area contributed by atoms with Crippen LogP contribution in [0.5, 0.6) is 0 Å². The predicted octanol–water partition coefficient (Wildman–Crippen LogP) is 1.13. The molecule has 1 aliphatic rings. The van der Waals surface area contributed by atoms with Crippen LogP contribution in [0.15, 0.2) is 41.9 Å². The average molecular weight is 368 g/mol. The minimum absolute atomic E-state index is 0.0729. The molecule has 144 valence electrons. The minimum Gasteiger partial charge on any atom is -0.473 e. The van der Waals surface area contributed by atoms with Gasteiger partial charge in [0.2, 0.25) is 11.4 Å². The van der Waals surface area contributed by atoms with E-state index in [1.807, 2.05) is 13.8 Å². The lowest BCUT2D eigenvalue weighted by atomic mass is 9.86. The van der Waals surface area contributed by atoms with Crippen LogP contribution in [0.25, 0.3) is 0 Å². The zero-order valence-corrected chi connectivity index (χ0v) is 14.7. The van der Waals surface area contributed by atoms with Gasteiger partial charge in [0.25, 0.3) is 5.76 Å². The van der Waals surface area contributed by atoms with Gasteiger partial charge in [0.05, 0.1) is 13.2 Å². The van der Waals surface area contributed by atoms with Gasteiger partial charge in [0.1, 0.15) is 12.2 Å². The smallest absolute Gasteiger partial charge is 0.378 e. The molecule has 1 unspecified atom stereocenters. The number of carbonyl (C=O) groups is 1. The van der Waals surface area contributed by atoms with Crippen LogP contribution < -0.4 is 0 Å². The monoisotopic (exact) mass is 368 g/mol. The summed E-state index contributed by atoms with van der Waals surface area (Å²) >= 11 is 0. The molecule has 1 aromatic carbocycles. The van der Waals surface area contributed by atoms with Crippen LogP contribution in [0.1, 0.15) is 31.9 Å². The summed E-state index contributed by atoms with van der Waals surface area (Å²) in [5.74, 6) is -1.91. The summed E-state index contributed by atoms with van der Waals surface area (Å²) in [7, 11) is 0. The molecule has 8 heteroatoms. The van der Waals surface area contributed by atoms with Crippen LogP contribution in [0.3, 0.4) is 0 Å². The standard InChI is InChI=1S/C18H24O8/c1-11(2)8-18(14(21)10-20)16(26-23)15(17(22)25-18)24-13(9-19)12-6-4-3-5-7-12/h3-7,11,13-14,19-21,23H,8-10H2,1-2H3/t13?,14-,18+/m0/s1. The zero-order valence-electron chi connectivity index (χ0n) is 14.7. The molecule has 0 amide bonds. The van der Waals surface area contributed by atoms with Gasteiger partial charge in [0.15, 0.2) is 0 Å². The van der Waals surface area contributed by atoms with E-state index in [9.17, 15) is 25.4 Å². The van der Waals surface area contributed by atoms with E-state index in [0.29, 0.717) is 5.56 Å². The van der Waals surface area contributed by atoms with Crippen molar-refractivity contribution in [3.8, 4) is 0 Å². The van der Waals surface area contributed by atoms with Gasteiger partial charge in [-0.05, 0) is 17.9 Å². The van der Waals surface area contributed by atoms with Crippen molar-refractivity contribution < 1.29 is 39.7 Å². The van der Waals surface area contributed by atoms with Crippen LogP contribution in [0.2, 0.25) is 0 Å². The van der Waals surface area contributed by atoms with Crippen molar-refractivity contribution in [3.05, 3.63) is 47.4 Å². The van der Waals surface area contributed by atoms with Crippen molar-refractivity contribution in [2.45, 2.75) is 38.1 Å². The third kappa shape index (κ3) is 3.83. The highest BCUT2D eigenvalue weighted by Crippen LogP contribution is 2.42. The van der Waals surface area contributed by atoms with Crippen LogP contribution in [0, 0.1) is 5.92 Å². The van der Waals surface area contributed by atoms with E-state index >= 15 is 0 Å². The fraction of sp³-hybridized carbons (Fsp3) is 0.500. The van der Waals surface area contributed by atoms with Crippen LogP contribution in [0.4, 0.5) is 0 Å². The van der Waals surface area contributed by atoms with E-state index in [1.54, 1.807) is 30.3 Å². The SMILES string of the molecule is CC(C)C[C@]1([C@@H](O)CO)OC(=O)C(OC(CO)c2ccccc2)=C1OO. The van der Waals surface area contributed by atoms with Crippen molar-refractivity contribution in [2.24, 2.45) is 5.92 Å². The summed E-state index contributed by atoms with van der Waals surface area (Å²) in [6.45, 7) is 2.46. The molecule has 26 heavy (non-hydrogen) atoms. The van der Waals surface area contributed by atoms with Crippen molar-refractivity contribution in [2.75, 3.05) is 13.2 Å². The number of hydrogen-bond acceptors (Lipinski definition) is 8. The molecule has 0 saturated carbocycles. The number of rotatable bonds is 9.